The van der Waals surface area contributed by atoms with Crippen molar-refractivity contribution in [2.24, 2.45) is 5.92 Å². The Kier molecular flexibility index (Phi) is 4.00. The summed E-state index contributed by atoms with van der Waals surface area (Å²) in [6.07, 6.45) is 2.96. The number of aryl methyl sites for hydroxylation is 1. The molecule has 3 rings (SSSR count). The third-order valence-electron chi connectivity index (χ3n) is 4.02. The molecule has 0 aliphatic carbocycles. The zero-order chi connectivity index (χ0) is 14.7. The van der Waals surface area contributed by atoms with E-state index in [1.54, 1.807) is 17.0 Å². The first kappa shape index (κ1) is 13.8. The van der Waals surface area contributed by atoms with Gasteiger partial charge in [-0.1, -0.05) is 30.3 Å². The lowest BCUT2D eigenvalue weighted by Crippen LogP contribution is -2.52. The van der Waals surface area contributed by atoms with E-state index in [0.717, 1.165) is 31.5 Å². The average molecular weight is 283 g/mol. The molecule has 1 heterocycles. The predicted octanol–water partition coefficient (Wildman–Crippen LogP) is 3.81. The van der Waals surface area contributed by atoms with Gasteiger partial charge in [-0.3, -0.25) is 4.79 Å². The minimum Gasteiger partial charge on any atom is -0.311 e. The summed E-state index contributed by atoms with van der Waals surface area (Å²) >= 11 is 0. The van der Waals surface area contributed by atoms with Crippen molar-refractivity contribution in [3.63, 3.8) is 0 Å². The summed E-state index contributed by atoms with van der Waals surface area (Å²) < 4.78 is 12.9. The van der Waals surface area contributed by atoms with Gasteiger partial charge in [-0.15, -0.1) is 0 Å². The molecule has 1 unspecified atom stereocenters. The fourth-order valence-corrected chi connectivity index (χ4v) is 2.76. The van der Waals surface area contributed by atoms with Crippen LogP contribution in [0.4, 0.5) is 10.1 Å². The third kappa shape index (κ3) is 3.13. The molecule has 1 aliphatic rings. The minimum atomic E-state index is -0.272. The molecule has 1 saturated heterocycles. The smallest absolute Gasteiger partial charge is 0.231 e. The van der Waals surface area contributed by atoms with Crippen LogP contribution >= 0.6 is 0 Å². The lowest BCUT2D eigenvalue weighted by molar-refractivity contribution is -0.127. The molecular weight excluding hydrogens is 265 g/mol. The number of halogens is 1. The summed E-state index contributed by atoms with van der Waals surface area (Å²) in [5.74, 6) is 0.0135. The van der Waals surface area contributed by atoms with E-state index >= 15 is 0 Å². The van der Waals surface area contributed by atoms with Crippen molar-refractivity contribution in [1.29, 1.82) is 0 Å². The van der Waals surface area contributed by atoms with Crippen molar-refractivity contribution in [1.82, 2.24) is 0 Å². The van der Waals surface area contributed by atoms with E-state index in [1.165, 1.54) is 17.7 Å². The van der Waals surface area contributed by atoms with Gasteiger partial charge >= 0.3 is 0 Å². The monoisotopic (exact) mass is 283 g/mol. The van der Waals surface area contributed by atoms with Crippen molar-refractivity contribution in [3.05, 3.63) is 66.0 Å². The van der Waals surface area contributed by atoms with Crippen LogP contribution in [0.1, 0.15) is 18.4 Å². The highest BCUT2D eigenvalue weighted by Gasteiger charge is 2.36. The van der Waals surface area contributed by atoms with Crippen LogP contribution < -0.4 is 4.90 Å². The number of amides is 1. The second-order valence-electron chi connectivity index (χ2n) is 5.50. The molecule has 2 nitrogen and oxygen atoms in total. The summed E-state index contributed by atoms with van der Waals surface area (Å²) in [7, 11) is 0. The second kappa shape index (κ2) is 6.08. The van der Waals surface area contributed by atoms with Crippen LogP contribution in [0.25, 0.3) is 0 Å². The fraction of sp³-hybridized carbons (Fsp3) is 0.278. The molecule has 2 aromatic rings. The van der Waals surface area contributed by atoms with Gasteiger partial charge in [0.1, 0.15) is 5.82 Å². The molecule has 3 heteroatoms. The zero-order valence-electron chi connectivity index (χ0n) is 11.8. The minimum absolute atomic E-state index is 0.124. The first-order valence-corrected chi connectivity index (χ1v) is 7.35. The van der Waals surface area contributed by atoms with Crippen LogP contribution in [-0.2, 0) is 11.2 Å². The highest BCUT2D eigenvalue weighted by molar-refractivity contribution is 6.01. The van der Waals surface area contributed by atoms with Gasteiger partial charge in [0.15, 0.2) is 0 Å². The van der Waals surface area contributed by atoms with E-state index in [0.29, 0.717) is 0 Å². The average Bonchev–Trinajstić information content (AvgIpc) is 2.52. The molecule has 2 aromatic carbocycles. The first-order chi connectivity index (χ1) is 10.2. The maximum atomic E-state index is 12.9. The molecule has 0 aromatic heterocycles. The van der Waals surface area contributed by atoms with Gasteiger partial charge in [0, 0.05) is 12.2 Å². The summed E-state index contributed by atoms with van der Waals surface area (Å²) in [6, 6.07) is 16.4. The molecule has 21 heavy (non-hydrogen) atoms. The van der Waals surface area contributed by atoms with E-state index in [2.05, 4.69) is 12.1 Å². The number of hydrogen-bond donors (Lipinski definition) is 0. The Hall–Kier alpha value is -2.16. The summed E-state index contributed by atoms with van der Waals surface area (Å²) in [5.41, 5.74) is 2.11. The second-order valence-corrected chi connectivity index (χ2v) is 5.50. The third-order valence-corrected chi connectivity index (χ3v) is 4.02. The van der Waals surface area contributed by atoms with Crippen LogP contribution in [-0.4, -0.2) is 12.5 Å². The molecule has 0 spiro atoms. The van der Waals surface area contributed by atoms with E-state index < -0.39 is 0 Å². The number of rotatable bonds is 5. The maximum Gasteiger partial charge on any atom is 0.231 e. The summed E-state index contributed by atoms with van der Waals surface area (Å²) in [6.45, 7) is 0.749. The molecule has 1 atom stereocenters. The fourth-order valence-electron chi connectivity index (χ4n) is 2.76. The molecular formula is C18H18FNO. The topological polar surface area (TPSA) is 20.3 Å². The predicted molar refractivity (Wildman–Crippen MR) is 81.6 cm³/mol. The van der Waals surface area contributed by atoms with Crippen LogP contribution in [0.2, 0.25) is 0 Å². The van der Waals surface area contributed by atoms with Crippen molar-refractivity contribution in [2.45, 2.75) is 19.3 Å². The number of nitrogens with zero attached hydrogens (tertiary/aromatic N) is 1. The Labute approximate surface area is 124 Å². The van der Waals surface area contributed by atoms with E-state index in [-0.39, 0.29) is 17.6 Å². The SMILES string of the molecule is O=C1C(CCCc2ccccc2)CN1c1ccc(F)cc1. The number of carbonyl (C=O) groups excluding carboxylic acids is 1. The van der Waals surface area contributed by atoms with Crippen molar-refractivity contribution < 1.29 is 9.18 Å². The Morgan fingerprint density at radius 1 is 1.05 bits per heavy atom. The molecule has 0 radical (unpaired) electrons. The molecule has 108 valence electrons. The maximum absolute atomic E-state index is 12.9. The van der Waals surface area contributed by atoms with E-state index in [1.807, 2.05) is 18.2 Å². The molecule has 0 saturated carbocycles. The van der Waals surface area contributed by atoms with Crippen LogP contribution in [0.5, 0.6) is 0 Å². The quantitative estimate of drug-likeness (QED) is 0.764. The van der Waals surface area contributed by atoms with Crippen molar-refractivity contribution >= 4 is 11.6 Å². The van der Waals surface area contributed by atoms with Crippen molar-refractivity contribution in [2.75, 3.05) is 11.4 Å². The van der Waals surface area contributed by atoms with Crippen LogP contribution in [0, 0.1) is 11.7 Å². The lowest BCUT2D eigenvalue weighted by Gasteiger charge is -2.38. The van der Waals surface area contributed by atoms with Gasteiger partial charge in [0.25, 0.3) is 0 Å². The summed E-state index contributed by atoms with van der Waals surface area (Å²) in [5, 5.41) is 0. The van der Waals surface area contributed by atoms with Gasteiger partial charge in [-0.2, -0.15) is 0 Å². The molecule has 1 fully saturated rings. The lowest BCUT2D eigenvalue weighted by atomic mass is 9.91. The van der Waals surface area contributed by atoms with Gasteiger partial charge in [0.2, 0.25) is 5.91 Å². The Morgan fingerprint density at radius 3 is 2.43 bits per heavy atom. The number of carbonyl (C=O) groups is 1. The number of benzene rings is 2. The summed E-state index contributed by atoms with van der Waals surface area (Å²) in [4.78, 5) is 13.9. The number of anilines is 1. The van der Waals surface area contributed by atoms with Gasteiger partial charge in [-0.25, -0.2) is 4.39 Å². The zero-order valence-corrected chi connectivity index (χ0v) is 11.8. The van der Waals surface area contributed by atoms with Crippen LogP contribution in [0.3, 0.4) is 0 Å². The Morgan fingerprint density at radius 2 is 1.76 bits per heavy atom. The highest BCUT2D eigenvalue weighted by atomic mass is 19.1. The largest absolute Gasteiger partial charge is 0.311 e. The molecule has 0 N–H and O–H groups in total. The molecule has 1 aliphatic heterocycles. The van der Waals surface area contributed by atoms with E-state index in [4.69, 9.17) is 0 Å². The van der Waals surface area contributed by atoms with Crippen LogP contribution in [0.15, 0.2) is 54.6 Å². The molecule has 0 bridgehead atoms. The standard InChI is InChI=1S/C18H18FNO/c19-16-9-11-17(12-10-16)20-13-15(18(20)21)8-4-7-14-5-2-1-3-6-14/h1-3,5-6,9-12,15H,4,7-8,13H2. The highest BCUT2D eigenvalue weighted by Crippen LogP contribution is 2.29. The van der Waals surface area contributed by atoms with Gasteiger partial charge < -0.3 is 4.90 Å². The van der Waals surface area contributed by atoms with Crippen molar-refractivity contribution in [3.8, 4) is 0 Å². The normalized spacial score (nSPS) is 17.7. The number of hydrogen-bond acceptors (Lipinski definition) is 1. The van der Waals surface area contributed by atoms with Gasteiger partial charge in [-0.05, 0) is 49.1 Å². The molecule has 1 amide bonds. The first-order valence-electron chi connectivity index (χ1n) is 7.35. The number of β-lactam (4-membered cyclic amide) rings is 1. The van der Waals surface area contributed by atoms with E-state index in [9.17, 15) is 9.18 Å². The Balaban J connectivity index is 1.47. The van der Waals surface area contributed by atoms with Gasteiger partial charge in [0.05, 0.1) is 5.92 Å². The Bertz CT molecular complexity index is 609.